The minimum atomic E-state index is -0.293. The quantitative estimate of drug-likeness (QED) is 0.787. The second-order valence-corrected chi connectivity index (χ2v) is 4.25. The van der Waals surface area contributed by atoms with Crippen LogP contribution in [-0.4, -0.2) is 32.6 Å². The number of anilines is 1. The fraction of sp³-hybridized carbons (Fsp3) is 0.500. The molecule has 0 unspecified atom stereocenters. The van der Waals surface area contributed by atoms with Gasteiger partial charge >= 0.3 is 0 Å². The highest BCUT2D eigenvalue weighted by atomic mass is 19.1. The van der Waals surface area contributed by atoms with E-state index in [0.717, 1.165) is 5.56 Å². The molecular formula is C14H22FN3O. The number of rotatable bonds is 7. The number of amides is 1. The average Bonchev–Trinajstić information content (AvgIpc) is 2.38. The van der Waals surface area contributed by atoms with Gasteiger partial charge in [-0.1, -0.05) is 12.1 Å². The van der Waals surface area contributed by atoms with Crippen LogP contribution in [0, 0.1) is 5.82 Å². The van der Waals surface area contributed by atoms with Crippen LogP contribution in [0.4, 0.5) is 10.1 Å². The number of carbonyl (C=O) groups is 1. The monoisotopic (exact) mass is 267 g/mol. The maximum absolute atomic E-state index is 14.0. The van der Waals surface area contributed by atoms with Crippen LogP contribution in [0.25, 0.3) is 0 Å². The first-order chi connectivity index (χ1) is 9.13. The van der Waals surface area contributed by atoms with E-state index in [2.05, 4.69) is 10.6 Å². The summed E-state index contributed by atoms with van der Waals surface area (Å²) in [6.45, 7) is 5.67. The SMILES string of the molecule is CCNC(=O)CN(CC)c1c(F)cccc1CNC. The topological polar surface area (TPSA) is 44.4 Å². The van der Waals surface area contributed by atoms with Crippen molar-refractivity contribution in [3.05, 3.63) is 29.6 Å². The molecule has 0 fully saturated rings. The number of likely N-dealkylation sites (N-methyl/N-ethyl adjacent to an activating group) is 2. The van der Waals surface area contributed by atoms with Gasteiger partial charge in [-0.3, -0.25) is 4.79 Å². The Labute approximate surface area is 114 Å². The smallest absolute Gasteiger partial charge is 0.239 e. The Kier molecular flexibility index (Phi) is 6.29. The van der Waals surface area contributed by atoms with Crippen LogP contribution in [0.3, 0.4) is 0 Å². The number of nitrogens with one attached hydrogen (secondary N) is 2. The first-order valence-corrected chi connectivity index (χ1v) is 6.57. The third-order valence-electron chi connectivity index (χ3n) is 2.84. The van der Waals surface area contributed by atoms with Crippen molar-refractivity contribution < 1.29 is 9.18 Å². The molecule has 0 aromatic heterocycles. The number of nitrogens with zero attached hydrogens (tertiary/aromatic N) is 1. The second-order valence-electron chi connectivity index (χ2n) is 4.25. The van der Waals surface area contributed by atoms with Crippen molar-refractivity contribution in [3.8, 4) is 0 Å². The van der Waals surface area contributed by atoms with Crippen molar-refractivity contribution in [1.29, 1.82) is 0 Å². The molecule has 0 aliphatic rings. The van der Waals surface area contributed by atoms with Gasteiger partial charge in [0.05, 0.1) is 12.2 Å². The molecule has 19 heavy (non-hydrogen) atoms. The van der Waals surface area contributed by atoms with Crippen LogP contribution in [0.15, 0.2) is 18.2 Å². The molecule has 1 rings (SSSR count). The van der Waals surface area contributed by atoms with Crippen molar-refractivity contribution in [2.24, 2.45) is 0 Å². The summed E-state index contributed by atoms with van der Waals surface area (Å²) in [6.07, 6.45) is 0. The van der Waals surface area contributed by atoms with Crippen LogP contribution >= 0.6 is 0 Å². The summed E-state index contributed by atoms with van der Waals surface area (Å²) >= 11 is 0. The largest absolute Gasteiger partial charge is 0.360 e. The predicted octanol–water partition coefficient (Wildman–Crippen LogP) is 1.51. The average molecular weight is 267 g/mol. The third kappa shape index (κ3) is 4.21. The summed E-state index contributed by atoms with van der Waals surface area (Å²) in [5.41, 5.74) is 1.36. The van der Waals surface area contributed by atoms with Gasteiger partial charge in [-0.05, 0) is 32.5 Å². The lowest BCUT2D eigenvalue weighted by atomic mass is 10.1. The first-order valence-electron chi connectivity index (χ1n) is 6.57. The van der Waals surface area contributed by atoms with E-state index < -0.39 is 0 Å². The zero-order chi connectivity index (χ0) is 14.3. The second kappa shape index (κ2) is 7.74. The van der Waals surface area contributed by atoms with E-state index in [9.17, 15) is 9.18 Å². The zero-order valence-electron chi connectivity index (χ0n) is 11.8. The molecule has 0 spiro atoms. The number of para-hydroxylation sites is 1. The van der Waals surface area contributed by atoms with E-state index in [4.69, 9.17) is 0 Å². The van der Waals surface area contributed by atoms with Crippen LogP contribution < -0.4 is 15.5 Å². The predicted molar refractivity (Wildman–Crippen MR) is 75.7 cm³/mol. The minimum absolute atomic E-state index is 0.0944. The van der Waals surface area contributed by atoms with Crippen LogP contribution in [0.2, 0.25) is 0 Å². The molecule has 0 aliphatic carbocycles. The van der Waals surface area contributed by atoms with Crippen molar-refractivity contribution >= 4 is 11.6 Å². The summed E-state index contributed by atoms with van der Waals surface area (Å²) in [5.74, 6) is -0.387. The Bertz CT molecular complexity index is 423. The number of carbonyl (C=O) groups excluding carboxylic acids is 1. The Hall–Kier alpha value is -1.62. The molecule has 0 atom stereocenters. The fourth-order valence-corrected chi connectivity index (χ4v) is 2.02. The highest BCUT2D eigenvalue weighted by Crippen LogP contribution is 2.24. The zero-order valence-corrected chi connectivity index (χ0v) is 11.8. The number of hydrogen-bond donors (Lipinski definition) is 2. The molecule has 1 aromatic rings. The van der Waals surface area contributed by atoms with E-state index >= 15 is 0 Å². The van der Waals surface area contributed by atoms with Gasteiger partial charge in [-0.15, -0.1) is 0 Å². The number of benzene rings is 1. The molecule has 0 bridgehead atoms. The van der Waals surface area contributed by atoms with Crippen molar-refractivity contribution in [1.82, 2.24) is 10.6 Å². The Morgan fingerprint density at radius 3 is 2.68 bits per heavy atom. The van der Waals surface area contributed by atoms with Gasteiger partial charge in [0.15, 0.2) is 0 Å². The molecule has 2 N–H and O–H groups in total. The van der Waals surface area contributed by atoms with E-state index in [-0.39, 0.29) is 18.3 Å². The van der Waals surface area contributed by atoms with Gasteiger partial charge in [0.25, 0.3) is 0 Å². The van der Waals surface area contributed by atoms with E-state index in [1.165, 1.54) is 6.07 Å². The first kappa shape index (κ1) is 15.4. The lowest BCUT2D eigenvalue weighted by Gasteiger charge is -2.25. The molecule has 0 saturated heterocycles. The molecule has 0 aliphatic heterocycles. The van der Waals surface area contributed by atoms with Gasteiger partial charge in [0.1, 0.15) is 5.82 Å². The Morgan fingerprint density at radius 1 is 1.37 bits per heavy atom. The number of halogens is 1. The fourth-order valence-electron chi connectivity index (χ4n) is 2.02. The van der Waals surface area contributed by atoms with Crippen molar-refractivity contribution in [2.45, 2.75) is 20.4 Å². The van der Waals surface area contributed by atoms with E-state index in [1.54, 1.807) is 11.0 Å². The summed E-state index contributed by atoms with van der Waals surface area (Å²) in [6, 6.07) is 4.98. The van der Waals surface area contributed by atoms with Gasteiger partial charge in [-0.2, -0.15) is 0 Å². The summed E-state index contributed by atoms with van der Waals surface area (Å²) in [7, 11) is 1.81. The molecule has 1 aromatic carbocycles. The molecule has 0 heterocycles. The highest BCUT2D eigenvalue weighted by Gasteiger charge is 2.16. The van der Waals surface area contributed by atoms with Gasteiger partial charge in [0.2, 0.25) is 5.91 Å². The van der Waals surface area contributed by atoms with Crippen molar-refractivity contribution in [3.63, 3.8) is 0 Å². The highest BCUT2D eigenvalue weighted by molar-refractivity contribution is 5.81. The third-order valence-corrected chi connectivity index (χ3v) is 2.84. The molecule has 0 radical (unpaired) electrons. The van der Waals surface area contributed by atoms with E-state index in [0.29, 0.717) is 25.3 Å². The maximum atomic E-state index is 14.0. The molecule has 5 heteroatoms. The summed E-state index contributed by atoms with van der Waals surface area (Å²) in [5, 5.41) is 5.75. The van der Waals surface area contributed by atoms with Crippen LogP contribution in [0.5, 0.6) is 0 Å². The van der Waals surface area contributed by atoms with E-state index in [1.807, 2.05) is 27.0 Å². The van der Waals surface area contributed by atoms with Crippen LogP contribution in [-0.2, 0) is 11.3 Å². The van der Waals surface area contributed by atoms with Gasteiger partial charge < -0.3 is 15.5 Å². The van der Waals surface area contributed by atoms with Crippen LogP contribution in [0.1, 0.15) is 19.4 Å². The standard InChI is InChI=1S/C14H22FN3O/c1-4-17-13(19)10-18(5-2)14-11(9-16-3)7-6-8-12(14)15/h6-8,16H,4-5,9-10H2,1-3H3,(H,17,19). The number of hydrogen-bond acceptors (Lipinski definition) is 3. The molecule has 1 amide bonds. The minimum Gasteiger partial charge on any atom is -0.360 e. The summed E-state index contributed by atoms with van der Waals surface area (Å²) < 4.78 is 14.0. The maximum Gasteiger partial charge on any atom is 0.239 e. The van der Waals surface area contributed by atoms with Crippen molar-refractivity contribution in [2.75, 3.05) is 31.6 Å². The lowest BCUT2D eigenvalue weighted by Crippen LogP contribution is -2.38. The molecule has 0 saturated carbocycles. The Balaban J connectivity index is 2.99. The molecule has 4 nitrogen and oxygen atoms in total. The molecule has 106 valence electrons. The molecular weight excluding hydrogens is 245 g/mol. The Morgan fingerprint density at radius 2 is 2.11 bits per heavy atom. The van der Waals surface area contributed by atoms with Gasteiger partial charge in [-0.25, -0.2) is 4.39 Å². The lowest BCUT2D eigenvalue weighted by molar-refractivity contribution is -0.119. The summed E-state index contributed by atoms with van der Waals surface area (Å²) in [4.78, 5) is 13.4. The van der Waals surface area contributed by atoms with Gasteiger partial charge in [0, 0.05) is 19.6 Å². The normalized spacial score (nSPS) is 10.3.